The summed E-state index contributed by atoms with van der Waals surface area (Å²) in [6, 6.07) is 14.0. The second kappa shape index (κ2) is 8.13. The fourth-order valence-electron chi connectivity index (χ4n) is 3.87. The maximum atomic E-state index is 12.9. The quantitative estimate of drug-likeness (QED) is 0.774. The summed E-state index contributed by atoms with van der Waals surface area (Å²) in [5, 5.41) is 0. The minimum atomic E-state index is 0.0207. The van der Waals surface area contributed by atoms with Gasteiger partial charge < -0.3 is 19.1 Å². The van der Waals surface area contributed by atoms with Crippen molar-refractivity contribution in [2.24, 2.45) is 0 Å². The van der Waals surface area contributed by atoms with E-state index in [9.17, 15) is 4.79 Å². The molecule has 1 atom stereocenters. The number of nitrogens with zero attached hydrogens (tertiary/aromatic N) is 1. The van der Waals surface area contributed by atoms with Crippen LogP contribution < -0.4 is 14.2 Å². The Morgan fingerprint density at radius 3 is 2.79 bits per heavy atom. The van der Waals surface area contributed by atoms with E-state index in [-0.39, 0.29) is 18.6 Å². The summed E-state index contributed by atoms with van der Waals surface area (Å²) in [7, 11) is 0. The molecule has 4 rings (SSSR count). The number of hydrogen-bond donors (Lipinski definition) is 0. The zero-order chi connectivity index (χ0) is 19.5. The molecular formula is C23H27NO4. The van der Waals surface area contributed by atoms with Crippen molar-refractivity contribution in [2.45, 2.75) is 38.6 Å². The van der Waals surface area contributed by atoms with E-state index in [4.69, 9.17) is 14.2 Å². The van der Waals surface area contributed by atoms with Crippen LogP contribution in [0.15, 0.2) is 42.5 Å². The van der Waals surface area contributed by atoms with E-state index >= 15 is 0 Å². The third-order valence-electron chi connectivity index (χ3n) is 5.41. The van der Waals surface area contributed by atoms with Gasteiger partial charge in [-0.3, -0.25) is 4.79 Å². The molecule has 2 aliphatic heterocycles. The zero-order valence-electron chi connectivity index (χ0n) is 16.5. The molecule has 28 heavy (non-hydrogen) atoms. The van der Waals surface area contributed by atoms with E-state index < -0.39 is 0 Å². The normalized spacial score (nSPS) is 18.4. The number of carbonyl (C=O) groups excluding carboxylic acids is 1. The predicted octanol–water partition coefficient (Wildman–Crippen LogP) is 4.32. The smallest absolute Gasteiger partial charge is 0.261 e. The molecule has 1 fully saturated rings. The third kappa shape index (κ3) is 3.93. The molecule has 5 heteroatoms. The number of likely N-dealkylation sites (tertiary alicyclic amines) is 1. The van der Waals surface area contributed by atoms with Gasteiger partial charge in [-0.2, -0.15) is 0 Å². The highest BCUT2D eigenvalue weighted by Gasteiger charge is 2.31. The van der Waals surface area contributed by atoms with Gasteiger partial charge in [0.05, 0.1) is 6.04 Å². The van der Waals surface area contributed by atoms with E-state index in [1.54, 1.807) is 0 Å². The van der Waals surface area contributed by atoms with Crippen molar-refractivity contribution in [2.75, 3.05) is 26.4 Å². The Hall–Kier alpha value is -2.69. The molecule has 5 nitrogen and oxygen atoms in total. The van der Waals surface area contributed by atoms with Crippen LogP contribution in [0.4, 0.5) is 0 Å². The van der Waals surface area contributed by atoms with Crippen LogP contribution in [0.3, 0.4) is 0 Å². The Morgan fingerprint density at radius 2 is 1.96 bits per heavy atom. The fourth-order valence-corrected chi connectivity index (χ4v) is 3.87. The van der Waals surface area contributed by atoms with Gasteiger partial charge in [0.15, 0.2) is 18.1 Å². The van der Waals surface area contributed by atoms with Gasteiger partial charge in [-0.25, -0.2) is 0 Å². The summed E-state index contributed by atoms with van der Waals surface area (Å²) in [5.74, 6) is 2.74. The molecule has 0 saturated carbocycles. The SMILES string of the molecule is CC(C)c1cccc(OCC(=O)N2CCCC2c2ccc3c(c2)OCCO3)c1. The Kier molecular flexibility index (Phi) is 5.42. The maximum Gasteiger partial charge on any atom is 0.261 e. The van der Waals surface area contributed by atoms with E-state index in [1.165, 1.54) is 5.56 Å². The Bertz CT molecular complexity index is 848. The van der Waals surface area contributed by atoms with E-state index in [1.807, 2.05) is 41.3 Å². The first-order valence-corrected chi connectivity index (χ1v) is 10.0. The van der Waals surface area contributed by atoms with Gasteiger partial charge in [0.2, 0.25) is 0 Å². The van der Waals surface area contributed by atoms with Crippen molar-refractivity contribution in [1.29, 1.82) is 0 Å². The number of hydrogen-bond acceptors (Lipinski definition) is 4. The Morgan fingerprint density at radius 1 is 1.14 bits per heavy atom. The van der Waals surface area contributed by atoms with Gasteiger partial charge in [0, 0.05) is 6.54 Å². The van der Waals surface area contributed by atoms with E-state index in [2.05, 4.69) is 19.9 Å². The summed E-state index contributed by atoms with van der Waals surface area (Å²) < 4.78 is 17.1. The second-order valence-corrected chi connectivity index (χ2v) is 7.66. The van der Waals surface area contributed by atoms with Crippen LogP contribution in [0.2, 0.25) is 0 Å². The maximum absolute atomic E-state index is 12.9. The van der Waals surface area contributed by atoms with Crippen molar-refractivity contribution < 1.29 is 19.0 Å². The molecule has 2 aromatic rings. The first-order valence-electron chi connectivity index (χ1n) is 10.0. The average Bonchev–Trinajstić information content (AvgIpc) is 3.22. The molecule has 2 heterocycles. The van der Waals surface area contributed by atoms with Crippen LogP contribution in [-0.4, -0.2) is 37.2 Å². The fraction of sp³-hybridized carbons (Fsp3) is 0.435. The number of carbonyl (C=O) groups is 1. The molecule has 0 N–H and O–H groups in total. The van der Waals surface area contributed by atoms with Crippen molar-refractivity contribution in [3.8, 4) is 17.2 Å². The van der Waals surface area contributed by atoms with Crippen molar-refractivity contribution in [3.63, 3.8) is 0 Å². The molecule has 2 aromatic carbocycles. The topological polar surface area (TPSA) is 48.0 Å². The molecule has 1 amide bonds. The lowest BCUT2D eigenvalue weighted by Gasteiger charge is -2.26. The number of benzene rings is 2. The molecule has 0 bridgehead atoms. The summed E-state index contributed by atoms with van der Waals surface area (Å²) >= 11 is 0. The number of rotatable bonds is 5. The minimum Gasteiger partial charge on any atom is -0.486 e. The summed E-state index contributed by atoms with van der Waals surface area (Å²) in [6.07, 6.45) is 1.95. The standard InChI is InChI=1S/C23H27NO4/c1-16(2)17-5-3-6-19(13-17)28-15-23(25)24-10-4-7-20(24)18-8-9-21-22(14-18)27-12-11-26-21/h3,5-6,8-9,13-14,16,20H,4,7,10-12,15H2,1-2H3. The highest BCUT2D eigenvalue weighted by Crippen LogP contribution is 2.38. The Labute approximate surface area is 166 Å². The third-order valence-corrected chi connectivity index (χ3v) is 5.41. The van der Waals surface area contributed by atoms with E-state index in [0.717, 1.165) is 42.2 Å². The van der Waals surface area contributed by atoms with Gasteiger partial charge >= 0.3 is 0 Å². The first kappa shape index (κ1) is 18.7. The molecule has 0 spiro atoms. The summed E-state index contributed by atoms with van der Waals surface area (Å²) in [6.45, 7) is 6.25. The molecule has 1 saturated heterocycles. The predicted molar refractivity (Wildman–Crippen MR) is 107 cm³/mol. The van der Waals surface area contributed by atoms with Crippen molar-refractivity contribution in [1.82, 2.24) is 4.90 Å². The van der Waals surface area contributed by atoms with Crippen LogP contribution in [0, 0.1) is 0 Å². The number of amides is 1. The van der Waals surface area contributed by atoms with Gasteiger partial charge in [-0.05, 0) is 54.2 Å². The molecule has 148 valence electrons. The summed E-state index contributed by atoms with van der Waals surface area (Å²) in [5.41, 5.74) is 2.30. The van der Waals surface area contributed by atoms with Crippen LogP contribution >= 0.6 is 0 Å². The number of fused-ring (bicyclic) bond motifs is 1. The van der Waals surface area contributed by atoms with E-state index in [0.29, 0.717) is 19.1 Å². The zero-order valence-corrected chi connectivity index (χ0v) is 16.5. The monoisotopic (exact) mass is 381 g/mol. The van der Waals surface area contributed by atoms with Crippen LogP contribution in [0.5, 0.6) is 17.2 Å². The largest absolute Gasteiger partial charge is 0.486 e. The lowest BCUT2D eigenvalue weighted by Crippen LogP contribution is -2.34. The average molecular weight is 381 g/mol. The highest BCUT2D eigenvalue weighted by atomic mass is 16.6. The van der Waals surface area contributed by atoms with Crippen LogP contribution in [0.25, 0.3) is 0 Å². The molecule has 0 aliphatic carbocycles. The molecule has 1 unspecified atom stereocenters. The van der Waals surface area contributed by atoms with Gasteiger partial charge in [-0.15, -0.1) is 0 Å². The van der Waals surface area contributed by atoms with Gasteiger partial charge in [0.25, 0.3) is 5.91 Å². The molecule has 0 aromatic heterocycles. The summed E-state index contributed by atoms with van der Waals surface area (Å²) in [4.78, 5) is 14.8. The molecule has 2 aliphatic rings. The first-order chi connectivity index (χ1) is 13.6. The molecular weight excluding hydrogens is 354 g/mol. The number of ether oxygens (including phenoxy) is 3. The molecule has 0 radical (unpaired) electrons. The van der Waals surface area contributed by atoms with Crippen LogP contribution in [-0.2, 0) is 4.79 Å². The van der Waals surface area contributed by atoms with Crippen LogP contribution in [0.1, 0.15) is 49.8 Å². The van der Waals surface area contributed by atoms with Crippen molar-refractivity contribution in [3.05, 3.63) is 53.6 Å². The lowest BCUT2D eigenvalue weighted by atomic mass is 10.0. The lowest BCUT2D eigenvalue weighted by molar-refractivity contribution is -0.134. The highest BCUT2D eigenvalue weighted by molar-refractivity contribution is 5.78. The Balaban J connectivity index is 1.43. The van der Waals surface area contributed by atoms with Gasteiger partial charge in [0.1, 0.15) is 19.0 Å². The van der Waals surface area contributed by atoms with Crippen molar-refractivity contribution >= 4 is 5.91 Å². The van der Waals surface area contributed by atoms with Gasteiger partial charge in [-0.1, -0.05) is 32.0 Å². The minimum absolute atomic E-state index is 0.0207. The second-order valence-electron chi connectivity index (χ2n) is 7.66.